The highest BCUT2D eigenvalue weighted by Crippen LogP contribution is 2.27. The van der Waals surface area contributed by atoms with Gasteiger partial charge in [-0.3, -0.25) is 4.79 Å². The smallest absolute Gasteiger partial charge is 0.251 e. The van der Waals surface area contributed by atoms with Crippen molar-refractivity contribution < 1.29 is 14.3 Å². The fraction of sp³-hybridized carbons (Fsp3) is 0.273. The summed E-state index contributed by atoms with van der Waals surface area (Å²) < 4.78 is 12.6. The number of hydrogen-bond acceptors (Lipinski definition) is 5. The van der Waals surface area contributed by atoms with Crippen molar-refractivity contribution >= 4 is 17.7 Å². The van der Waals surface area contributed by atoms with Gasteiger partial charge in [-0.05, 0) is 41.8 Å². The molecule has 1 N–H and O–H groups in total. The largest absolute Gasteiger partial charge is 0.493 e. The van der Waals surface area contributed by atoms with Crippen molar-refractivity contribution in [3.05, 3.63) is 71.5 Å². The molecule has 0 aliphatic rings. The van der Waals surface area contributed by atoms with E-state index in [0.717, 1.165) is 22.0 Å². The average Bonchev–Trinajstić information content (AvgIpc) is 3.17. The van der Waals surface area contributed by atoms with Crippen molar-refractivity contribution in [1.29, 1.82) is 0 Å². The Morgan fingerprint density at radius 1 is 1.10 bits per heavy atom. The first kappa shape index (κ1) is 20.8. The molecule has 0 atom stereocenters. The van der Waals surface area contributed by atoms with Crippen molar-refractivity contribution in [2.45, 2.75) is 17.3 Å². The van der Waals surface area contributed by atoms with E-state index < -0.39 is 0 Å². The van der Waals surface area contributed by atoms with Crippen molar-refractivity contribution in [3.8, 4) is 11.5 Å². The van der Waals surface area contributed by atoms with E-state index in [1.807, 2.05) is 60.3 Å². The van der Waals surface area contributed by atoms with E-state index in [9.17, 15) is 4.79 Å². The zero-order valence-corrected chi connectivity index (χ0v) is 17.7. The number of amides is 1. The molecule has 0 unspecified atom stereocenters. The predicted molar refractivity (Wildman–Crippen MR) is 115 cm³/mol. The maximum absolute atomic E-state index is 12.5. The molecule has 1 amide bonds. The zero-order chi connectivity index (χ0) is 20.6. The molecule has 0 bridgehead atoms. The number of nitrogens with one attached hydrogen (secondary N) is 1. The van der Waals surface area contributed by atoms with Gasteiger partial charge in [0, 0.05) is 37.3 Å². The highest BCUT2D eigenvalue weighted by Gasteiger charge is 2.09. The topological polar surface area (TPSA) is 65.4 Å². The molecule has 3 aromatic rings. The van der Waals surface area contributed by atoms with E-state index in [2.05, 4.69) is 10.3 Å². The summed E-state index contributed by atoms with van der Waals surface area (Å²) in [7, 11) is 5.20. The zero-order valence-electron chi connectivity index (χ0n) is 16.8. The monoisotopic (exact) mass is 411 g/mol. The van der Waals surface area contributed by atoms with Crippen LogP contribution in [0, 0.1) is 0 Å². The third kappa shape index (κ3) is 5.54. The molecule has 0 aliphatic heterocycles. The molecule has 0 radical (unpaired) electrons. The van der Waals surface area contributed by atoms with E-state index in [-0.39, 0.29) is 5.91 Å². The van der Waals surface area contributed by atoms with Crippen LogP contribution in [0.5, 0.6) is 11.5 Å². The van der Waals surface area contributed by atoms with Crippen molar-refractivity contribution in [2.24, 2.45) is 7.05 Å². The minimum absolute atomic E-state index is 0.0747. The molecule has 0 aliphatic carbocycles. The van der Waals surface area contributed by atoms with Crippen LogP contribution >= 0.6 is 11.8 Å². The highest BCUT2D eigenvalue weighted by molar-refractivity contribution is 7.98. The summed E-state index contributed by atoms with van der Waals surface area (Å²) in [5, 5.41) is 3.94. The van der Waals surface area contributed by atoms with Crippen LogP contribution in [0.4, 0.5) is 0 Å². The standard InChI is InChI=1S/C22H25N3O3S/c1-25-12-11-24-22(25)29-15-17-5-4-6-18(13-17)21(26)23-10-9-16-7-8-19(27-2)20(14-16)28-3/h4-8,11-14H,9-10,15H2,1-3H3,(H,23,26). The van der Waals surface area contributed by atoms with Crippen LogP contribution in [-0.4, -0.2) is 36.2 Å². The molecule has 6 nitrogen and oxygen atoms in total. The lowest BCUT2D eigenvalue weighted by Gasteiger charge is -2.10. The summed E-state index contributed by atoms with van der Waals surface area (Å²) in [5.41, 5.74) is 2.82. The Kier molecular flexibility index (Phi) is 7.19. The first-order valence-electron chi connectivity index (χ1n) is 9.29. The van der Waals surface area contributed by atoms with Gasteiger partial charge in [-0.25, -0.2) is 4.98 Å². The Hall–Kier alpha value is -2.93. The number of carbonyl (C=O) groups excluding carboxylic acids is 1. The van der Waals surface area contributed by atoms with Crippen molar-refractivity contribution in [2.75, 3.05) is 20.8 Å². The van der Waals surface area contributed by atoms with Gasteiger partial charge in [0.15, 0.2) is 16.7 Å². The summed E-state index contributed by atoms with van der Waals surface area (Å²) in [5.74, 6) is 2.07. The minimum atomic E-state index is -0.0747. The molecule has 0 saturated carbocycles. The number of thioether (sulfide) groups is 1. The number of imidazole rings is 1. The molecule has 0 fully saturated rings. The van der Waals surface area contributed by atoms with E-state index in [0.29, 0.717) is 30.0 Å². The van der Waals surface area contributed by atoms with Gasteiger partial charge < -0.3 is 19.4 Å². The SMILES string of the molecule is COc1ccc(CCNC(=O)c2cccc(CSc3nccn3C)c2)cc1OC. The Morgan fingerprint density at radius 2 is 1.93 bits per heavy atom. The molecule has 29 heavy (non-hydrogen) atoms. The number of hydrogen-bond donors (Lipinski definition) is 1. The van der Waals surface area contributed by atoms with Gasteiger partial charge in [0.05, 0.1) is 14.2 Å². The van der Waals surface area contributed by atoms with Gasteiger partial charge in [0.2, 0.25) is 0 Å². The Labute approximate surface area is 175 Å². The number of benzene rings is 2. The molecule has 7 heteroatoms. The molecular weight excluding hydrogens is 386 g/mol. The van der Waals surface area contributed by atoms with E-state index >= 15 is 0 Å². The Bertz CT molecular complexity index is 971. The summed E-state index contributed by atoms with van der Waals surface area (Å²) in [6.07, 6.45) is 4.41. The van der Waals surface area contributed by atoms with Gasteiger partial charge in [0.1, 0.15) is 0 Å². The minimum Gasteiger partial charge on any atom is -0.493 e. The summed E-state index contributed by atoms with van der Waals surface area (Å²) in [4.78, 5) is 16.8. The second-order valence-corrected chi connectivity index (χ2v) is 7.45. The van der Waals surface area contributed by atoms with Crippen molar-refractivity contribution in [3.63, 3.8) is 0 Å². The molecular formula is C22H25N3O3S. The third-order valence-electron chi connectivity index (χ3n) is 4.48. The molecule has 3 rings (SSSR count). The van der Waals surface area contributed by atoms with Gasteiger partial charge in [-0.2, -0.15) is 0 Å². The van der Waals surface area contributed by atoms with E-state index in [1.165, 1.54) is 0 Å². The second kappa shape index (κ2) is 10.0. The van der Waals surface area contributed by atoms with Gasteiger partial charge in [-0.15, -0.1) is 0 Å². The van der Waals surface area contributed by atoms with Crippen LogP contribution in [-0.2, 0) is 19.2 Å². The first-order valence-corrected chi connectivity index (χ1v) is 10.3. The summed E-state index contributed by atoms with van der Waals surface area (Å²) in [6.45, 7) is 0.542. The number of ether oxygens (including phenoxy) is 2. The quantitative estimate of drug-likeness (QED) is 0.544. The van der Waals surface area contributed by atoms with Crippen LogP contribution in [0.2, 0.25) is 0 Å². The molecule has 0 spiro atoms. The van der Waals surface area contributed by atoms with Crippen LogP contribution < -0.4 is 14.8 Å². The lowest BCUT2D eigenvalue weighted by Crippen LogP contribution is -2.25. The lowest BCUT2D eigenvalue weighted by molar-refractivity contribution is 0.0954. The number of rotatable bonds is 9. The highest BCUT2D eigenvalue weighted by atomic mass is 32.2. The van der Waals surface area contributed by atoms with Gasteiger partial charge in [0.25, 0.3) is 5.91 Å². The maximum atomic E-state index is 12.5. The fourth-order valence-electron chi connectivity index (χ4n) is 2.90. The number of nitrogens with zero attached hydrogens (tertiary/aromatic N) is 2. The molecule has 152 valence electrons. The van der Waals surface area contributed by atoms with Crippen LogP contribution in [0.3, 0.4) is 0 Å². The Morgan fingerprint density at radius 3 is 2.66 bits per heavy atom. The van der Waals surface area contributed by atoms with E-state index in [4.69, 9.17) is 9.47 Å². The molecule has 2 aromatic carbocycles. The van der Waals surface area contributed by atoms with Crippen LogP contribution in [0.25, 0.3) is 0 Å². The summed E-state index contributed by atoms with van der Waals surface area (Å²) >= 11 is 1.65. The normalized spacial score (nSPS) is 10.6. The van der Waals surface area contributed by atoms with Gasteiger partial charge in [-0.1, -0.05) is 30.0 Å². The number of carbonyl (C=O) groups is 1. The average molecular weight is 412 g/mol. The Balaban J connectivity index is 1.53. The molecule has 1 aromatic heterocycles. The van der Waals surface area contributed by atoms with Crippen LogP contribution in [0.15, 0.2) is 60.0 Å². The molecule has 1 heterocycles. The maximum Gasteiger partial charge on any atom is 0.251 e. The lowest BCUT2D eigenvalue weighted by atomic mass is 10.1. The van der Waals surface area contributed by atoms with E-state index in [1.54, 1.807) is 32.2 Å². The van der Waals surface area contributed by atoms with Crippen LogP contribution in [0.1, 0.15) is 21.5 Å². The predicted octanol–water partition coefficient (Wildman–Crippen LogP) is 3.70. The number of methoxy groups -OCH3 is 2. The second-order valence-electron chi connectivity index (χ2n) is 6.51. The first-order chi connectivity index (χ1) is 14.1. The fourth-order valence-corrected chi connectivity index (χ4v) is 3.78. The summed E-state index contributed by atoms with van der Waals surface area (Å²) in [6, 6.07) is 13.5. The van der Waals surface area contributed by atoms with Gasteiger partial charge >= 0.3 is 0 Å². The molecule has 0 saturated heterocycles. The van der Waals surface area contributed by atoms with Crippen molar-refractivity contribution in [1.82, 2.24) is 14.9 Å². The number of aromatic nitrogens is 2. The number of aryl methyl sites for hydroxylation is 1. The third-order valence-corrected chi connectivity index (χ3v) is 5.61.